The summed E-state index contributed by atoms with van der Waals surface area (Å²) in [4.78, 5) is 13.1. The number of sulfonamides is 1. The van der Waals surface area contributed by atoms with Gasteiger partial charge in [-0.05, 0) is 18.2 Å². The molecule has 1 aromatic carbocycles. The first kappa shape index (κ1) is 16.3. The minimum Gasteiger partial charge on any atom is -0.397 e. The maximum atomic E-state index is 12.1. The Morgan fingerprint density at radius 3 is 2.40 bits per heavy atom. The van der Waals surface area contributed by atoms with E-state index in [0.29, 0.717) is 11.4 Å². The standard InChI is InChI=1S/C12H20N4O3S/c1-14-12(17)8-16(4)11-7-9(5-6-10(11)13)20(18,19)15(2)3/h5-7H,8,13H2,1-4H3,(H,14,17). The second-order valence-electron chi connectivity index (χ2n) is 4.54. The average molecular weight is 300 g/mol. The average Bonchev–Trinajstić information content (AvgIpc) is 2.38. The Labute approximate surface area is 119 Å². The molecule has 0 bridgehead atoms. The quantitative estimate of drug-likeness (QED) is 0.728. The fourth-order valence-electron chi connectivity index (χ4n) is 1.60. The lowest BCUT2D eigenvalue weighted by molar-refractivity contribution is -0.119. The maximum absolute atomic E-state index is 12.1. The van der Waals surface area contributed by atoms with E-state index in [2.05, 4.69) is 5.32 Å². The van der Waals surface area contributed by atoms with Crippen molar-refractivity contribution in [3.05, 3.63) is 18.2 Å². The number of likely N-dealkylation sites (N-methyl/N-ethyl adjacent to an activating group) is 2. The second-order valence-corrected chi connectivity index (χ2v) is 6.69. The molecule has 0 heterocycles. The predicted octanol–water partition coefficient (Wildman–Crippen LogP) is -0.299. The zero-order chi connectivity index (χ0) is 15.5. The van der Waals surface area contributed by atoms with Gasteiger partial charge in [0.2, 0.25) is 15.9 Å². The van der Waals surface area contributed by atoms with Crippen LogP contribution in [0.15, 0.2) is 23.1 Å². The largest absolute Gasteiger partial charge is 0.397 e. The van der Waals surface area contributed by atoms with Crippen LogP contribution in [-0.4, -0.2) is 53.4 Å². The summed E-state index contributed by atoms with van der Waals surface area (Å²) in [7, 11) is 2.59. The molecule has 0 fully saturated rings. The Hall–Kier alpha value is -1.80. The highest BCUT2D eigenvalue weighted by Gasteiger charge is 2.19. The number of carbonyl (C=O) groups is 1. The summed E-state index contributed by atoms with van der Waals surface area (Å²) in [5, 5.41) is 2.50. The van der Waals surface area contributed by atoms with Crippen LogP contribution in [-0.2, 0) is 14.8 Å². The first-order valence-corrected chi connectivity index (χ1v) is 7.38. The second kappa shape index (κ2) is 6.10. The van der Waals surface area contributed by atoms with Gasteiger partial charge in [0.15, 0.2) is 0 Å². The van der Waals surface area contributed by atoms with Crippen LogP contribution in [0.4, 0.5) is 11.4 Å². The maximum Gasteiger partial charge on any atom is 0.242 e. The van der Waals surface area contributed by atoms with E-state index in [1.165, 1.54) is 39.3 Å². The summed E-state index contributed by atoms with van der Waals surface area (Å²) in [5.74, 6) is -0.187. The van der Waals surface area contributed by atoms with E-state index in [-0.39, 0.29) is 17.3 Å². The fraction of sp³-hybridized carbons (Fsp3) is 0.417. The third kappa shape index (κ3) is 3.40. The van der Waals surface area contributed by atoms with Gasteiger partial charge in [-0.25, -0.2) is 12.7 Å². The van der Waals surface area contributed by atoms with Crippen LogP contribution in [0.5, 0.6) is 0 Å². The Morgan fingerprint density at radius 2 is 1.90 bits per heavy atom. The van der Waals surface area contributed by atoms with E-state index in [1.807, 2.05) is 0 Å². The van der Waals surface area contributed by atoms with Gasteiger partial charge in [0.1, 0.15) is 0 Å². The van der Waals surface area contributed by atoms with E-state index >= 15 is 0 Å². The molecule has 0 aromatic heterocycles. The van der Waals surface area contributed by atoms with Crippen molar-refractivity contribution in [3.8, 4) is 0 Å². The molecule has 0 aliphatic rings. The third-order valence-electron chi connectivity index (χ3n) is 2.85. The number of carbonyl (C=O) groups excluding carboxylic acids is 1. The summed E-state index contributed by atoms with van der Waals surface area (Å²) >= 11 is 0. The molecule has 1 rings (SSSR count). The molecule has 20 heavy (non-hydrogen) atoms. The van der Waals surface area contributed by atoms with Gasteiger partial charge >= 0.3 is 0 Å². The van der Waals surface area contributed by atoms with Crippen molar-refractivity contribution in [1.29, 1.82) is 0 Å². The van der Waals surface area contributed by atoms with Crippen molar-refractivity contribution >= 4 is 27.3 Å². The van der Waals surface area contributed by atoms with Gasteiger partial charge in [-0.2, -0.15) is 0 Å². The molecular weight excluding hydrogens is 280 g/mol. The fourth-order valence-corrected chi connectivity index (χ4v) is 2.53. The first-order valence-electron chi connectivity index (χ1n) is 5.94. The van der Waals surface area contributed by atoms with Gasteiger partial charge < -0.3 is 16.0 Å². The summed E-state index contributed by atoms with van der Waals surface area (Å²) in [6, 6.07) is 4.43. The van der Waals surface area contributed by atoms with Crippen LogP contribution in [0, 0.1) is 0 Å². The number of nitrogen functional groups attached to an aromatic ring is 1. The molecule has 8 heteroatoms. The van der Waals surface area contributed by atoms with Crippen molar-refractivity contribution in [2.75, 3.05) is 45.4 Å². The highest BCUT2D eigenvalue weighted by Crippen LogP contribution is 2.26. The van der Waals surface area contributed by atoms with Crippen molar-refractivity contribution < 1.29 is 13.2 Å². The lowest BCUT2D eigenvalue weighted by atomic mass is 10.2. The zero-order valence-corrected chi connectivity index (χ0v) is 12.9. The smallest absolute Gasteiger partial charge is 0.242 e. The van der Waals surface area contributed by atoms with Gasteiger partial charge in [0, 0.05) is 28.2 Å². The van der Waals surface area contributed by atoms with E-state index < -0.39 is 10.0 Å². The molecular formula is C12H20N4O3S. The van der Waals surface area contributed by atoms with Crippen LogP contribution < -0.4 is 16.0 Å². The Morgan fingerprint density at radius 1 is 1.30 bits per heavy atom. The molecule has 0 aliphatic carbocycles. The molecule has 3 N–H and O–H groups in total. The van der Waals surface area contributed by atoms with Gasteiger partial charge in [-0.15, -0.1) is 0 Å². The van der Waals surface area contributed by atoms with Crippen molar-refractivity contribution in [2.45, 2.75) is 4.90 Å². The number of rotatable bonds is 5. The monoisotopic (exact) mass is 300 g/mol. The zero-order valence-electron chi connectivity index (χ0n) is 12.0. The van der Waals surface area contributed by atoms with Crippen LogP contribution in [0.2, 0.25) is 0 Å². The van der Waals surface area contributed by atoms with Crippen molar-refractivity contribution in [2.24, 2.45) is 0 Å². The molecule has 0 aliphatic heterocycles. The van der Waals surface area contributed by atoms with Crippen molar-refractivity contribution in [3.63, 3.8) is 0 Å². The highest BCUT2D eigenvalue weighted by molar-refractivity contribution is 7.89. The number of nitrogens with zero attached hydrogens (tertiary/aromatic N) is 2. The summed E-state index contributed by atoms with van der Waals surface area (Å²) < 4.78 is 25.3. The minimum atomic E-state index is -3.53. The SMILES string of the molecule is CNC(=O)CN(C)c1cc(S(=O)(=O)N(C)C)ccc1N. The van der Waals surface area contributed by atoms with E-state index in [1.54, 1.807) is 11.9 Å². The molecule has 7 nitrogen and oxygen atoms in total. The third-order valence-corrected chi connectivity index (χ3v) is 4.66. The molecule has 0 radical (unpaired) electrons. The number of amides is 1. The number of anilines is 2. The minimum absolute atomic E-state index is 0.0894. The van der Waals surface area contributed by atoms with Gasteiger partial charge in [0.05, 0.1) is 22.8 Å². The summed E-state index contributed by atoms with van der Waals surface area (Å²) in [6.07, 6.45) is 0. The first-order chi connectivity index (χ1) is 9.20. The molecule has 0 spiro atoms. The number of nitrogens with two attached hydrogens (primary N) is 1. The number of hydrogen-bond acceptors (Lipinski definition) is 5. The Bertz CT molecular complexity index is 599. The molecule has 0 unspecified atom stereocenters. The lowest BCUT2D eigenvalue weighted by Gasteiger charge is -2.21. The topological polar surface area (TPSA) is 95.7 Å². The number of nitrogens with one attached hydrogen (secondary N) is 1. The van der Waals surface area contributed by atoms with E-state index in [9.17, 15) is 13.2 Å². The summed E-state index contributed by atoms with van der Waals surface area (Å²) in [5.41, 5.74) is 6.75. The van der Waals surface area contributed by atoms with E-state index in [4.69, 9.17) is 5.73 Å². The van der Waals surface area contributed by atoms with Gasteiger partial charge in [0.25, 0.3) is 0 Å². The summed E-state index contributed by atoms with van der Waals surface area (Å²) in [6.45, 7) is 0.0894. The lowest BCUT2D eigenvalue weighted by Crippen LogP contribution is -2.33. The Balaban J connectivity index is 3.19. The molecule has 0 saturated carbocycles. The molecule has 1 amide bonds. The molecule has 1 aromatic rings. The molecule has 0 saturated heterocycles. The number of benzene rings is 1. The van der Waals surface area contributed by atoms with Crippen LogP contribution in [0.1, 0.15) is 0 Å². The van der Waals surface area contributed by atoms with Gasteiger partial charge in [-0.3, -0.25) is 4.79 Å². The van der Waals surface area contributed by atoms with Crippen LogP contribution in [0.25, 0.3) is 0 Å². The Kier molecular flexibility index (Phi) is 4.96. The van der Waals surface area contributed by atoms with Crippen molar-refractivity contribution in [1.82, 2.24) is 9.62 Å². The number of hydrogen-bond donors (Lipinski definition) is 2. The van der Waals surface area contributed by atoms with Crippen LogP contribution >= 0.6 is 0 Å². The van der Waals surface area contributed by atoms with Gasteiger partial charge in [-0.1, -0.05) is 0 Å². The molecule has 112 valence electrons. The normalized spacial score (nSPS) is 11.4. The highest BCUT2D eigenvalue weighted by atomic mass is 32.2. The van der Waals surface area contributed by atoms with E-state index in [0.717, 1.165) is 4.31 Å². The van der Waals surface area contributed by atoms with Crippen LogP contribution in [0.3, 0.4) is 0 Å². The predicted molar refractivity (Wildman–Crippen MR) is 79.1 cm³/mol. The molecule has 0 atom stereocenters.